The third kappa shape index (κ3) is 4.99. The normalized spacial score (nSPS) is 12.7. The topological polar surface area (TPSA) is 132 Å². The Bertz CT molecular complexity index is 1430. The summed E-state index contributed by atoms with van der Waals surface area (Å²) >= 11 is 0. The Hall–Kier alpha value is -4.65. The highest BCUT2D eigenvalue weighted by molar-refractivity contribution is 5.80. The van der Waals surface area contributed by atoms with E-state index in [0.717, 1.165) is 24.2 Å². The third-order valence-corrected chi connectivity index (χ3v) is 5.60. The molecule has 10 nitrogen and oxygen atoms in total. The summed E-state index contributed by atoms with van der Waals surface area (Å²) in [4.78, 5) is 26.3. The predicted molar refractivity (Wildman–Crippen MR) is 130 cm³/mol. The monoisotopic (exact) mass is 469 g/mol. The zero-order chi connectivity index (χ0) is 24.4. The molecule has 1 fully saturated rings. The van der Waals surface area contributed by atoms with Crippen molar-refractivity contribution in [3.63, 3.8) is 0 Å². The second kappa shape index (κ2) is 9.30. The van der Waals surface area contributed by atoms with Crippen LogP contribution in [-0.4, -0.2) is 49.3 Å². The number of nitrogens with two attached hydrogens (primary N) is 1. The van der Waals surface area contributed by atoms with E-state index < -0.39 is 5.97 Å². The van der Waals surface area contributed by atoms with Crippen molar-refractivity contribution in [3.05, 3.63) is 60.2 Å². The lowest BCUT2D eigenvalue weighted by molar-refractivity contribution is -0.135. The van der Waals surface area contributed by atoms with Gasteiger partial charge < -0.3 is 20.5 Å². The summed E-state index contributed by atoms with van der Waals surface area (Å²) in [7, 11) is 1.60. The summed E-state index contributed by atoms with van der Waals surface area (Å²) in [6.45, 7) is 0.100. The number of hydrogen-bond acceptors (Lipinski definition) is 8. The molecule has 0 radical (unpaired) electrons. The minimum Gasteiger partial charge on any atom is -0.497 e. The fourth-order valence-corrected chi connectivity index (χ4v) is 3.63. The van der Waals surface area contributed by atoms with Crippen LogP contribution in [0.4, 0.5) is 11.6 Å². The molecule has 0 bridgehead atoms. The van der Waals surface area contributed by atoms with Crippen LogP contribution in [0.25, 0.3) is 16.9 Å². The Morgan fingerprint density at radius 2 is 1.94 bits per heavy atom. The molecule has 5 rings (SSSR count). The van der Waals surface area contributed by atoms with Gasteiger partial charge in [0.1, 0.15) is 18.0 Å². The SMILES string of the molecule is COc1ccc(CN(CC(=O)O)c2cc(-c3cnc(N)nc3)nn3c(C#CC4CC4)cnc23)cc1. The number of carbonyl (C=O) groups is 1. The molecule has 1 aliphatic rings. The summed E-state index contributed by atoms with van der Waals surface area (Å²) in [6.07, 6.45) is 7.03. The Kier molecular flexibility index (Phi) is 5.89. The quantitative estimate of drug-likeness (QED) is 0.392. The first kappa shape index (κ1) is 22.2. The number of nitrogen functional groups attached to an aromatic ring is 1. The van der Waals surface area contributed by atoms with Gasteiger partial charge >= 0.3 is 5.97 Å². The molecule has 1 aromatic carbocycles. The van der Waals surface area contributed by atoms with Crippen molar-refractivity contribution in [1.82, 2.24) is 24.6 Å². The van der Waals surface area contributed by atoms with E-state index in [9.17, 15) is 9.90 Å². The first-order chi connectivity index (χ1) is 17.0. The van der Waals surface area contributed by atoms with E-state index in [1.165, 1.54) is 0 Å². The zero-order valence-corrected chi connectivity index (χ0v) is 19.0. The number of aliphatic carboxylic acids is 1. The molecule has 0 amide bonds. The van der Waals surface area contributed by atoms with Gasteiger partial charge in [-0.05, 0) is 42.5 Å². The molecule has 1 saturated carbocycles. The van der Waals surface area contributed by atoms with Crippen LogP contribution >= 0.6 is 0 Å². The van der Waals surface area contributed by atoms with Gasteiger partial charge in [-0.3, -0.25) is 4.79 Å². The molecule has 0 saturated heterocycles. The summed E-state index contributed by atoms with van der Waals surface area (Å²) < 4.78 is 6.89. The molecule has 35 heavy (non-hydrogen) atoms. The smallest absolute Gasteiger partial charge is 0.323 e. The van der Waals surface area contributed by atoms with Gasteiger partial charge in [0.25, 0.3) is 0 Å². The number of benzene rings is 1. The number of rotatable bonds is 7. The van der Waals surface area contributed by atoms with Crippen molar-refractivity contribution in [3.8, 4) is 28.8 Å². The molecule has 3 heterocycles. The maximum Gasteiger partial charge on any atom is 0.323 e. The molecule has 3 N–H and O–H groups in total. The maximum absolute atomic E-state index is 11.8. The summed E-state index contributed by atoms with van der Waals surface area (Å²) in [5.74, 6) is 6.73. The lowest BCUT2D eigenvalue weighted by Gasteiger charge is -2.24. The molecule has 0 aliphatic heterocycles. The van der Waals surface area contributed by atoms with Gasteiger partial charge in [0.2, 0.25) is 5.95 Å². The van der Waals surface area contributed by atoms with Crippen LogP contribution in [0.2, 0.25) is 0 Å². The highest BCUT2D eigenvalue weighted by Gasteiger charge is 2.21. The standard InChI is InChI=1S/C25H23N7O3/c1-35-20-8-5-17(6-9-20)14-31(15-23(33)34)22-10-21(18-11-28-25(26)29-12-18)30-32-19(13-27-24(22)32)7-4-16-2-3-16/h5-6,8-13,16H,2-3,14-15H2,1H3,(H,33,34)(H2,26,28,29). The van der Waals surface area contributed by atoms with Gasteiger partial charge in [-0.1, -0.05) is 18.1 Å². The number of hydrogen-bond donors (Lipinski definition) is 2. The number of aromatic nitrogens is 5. The highest BCUT2D eigenvalue weighted by atomic mass is 16.5. The van der Waals surface area contributed by atoms with Crippen LogP contribution in [0.1, 0.15) is 24.1 Å². The second-order valence-electron chi connectivity index (χ2n) is 8.27. The number of fused-ring (bicyclic) bond motifs is 1. The number of anilines is 2. The molecule has 4 aromatic rings. The predicted octanol–water partition coefficient (Wildman–Crippen LogP) is 2.63. The zero-order valence-electron chi connectivity index (χ0n) is 19.0. The average Bonchev–Trinajstić information content (AvgIpc) is 3.60. The van der Waals surface area contributed by atoms with E-state index in [-0.39, 0.29) is 12.5 Å². The first-order valence-electron chi connectivity index (χ1n) is 11.1. The number of nitrogens with zero attached hydrogens (tertiary/aromatic N) is 6. The lowest BCUT2D eigenvalue weighted by Crippen LogP contribution is -2.30. The van der Waals surface area contributed by atoms with Crippen LogP contribution in [0.5, 0.6) is 5.75 Å². The summed E-state index contributed by atoms with van der Waals surface area (Å²) in [5, 5.41) is 14.4. The number of carboxylic acids is 1. The molecule has 0 unspecified atom stereocenters. The number of carboxylic acid groups (broad SMARTS) is 1. The van der Waals surface area contributed by atoms with Gasteiger partial charge in [-0.2, -0.15) is 5.10 Å². The minimum atomic E-state index is -0.967. The molecule has 176 valence electrons. The Morgan fingerprint density at radius 3 is 2.60 bits per heavy atom. The van der Waals surface area contributed by atoms with E-state index >= 15 is 0 Å². The second-order valence-corrected chi connectivity index (χ2v) is 8.27. The van der Waals surface area contributed by atoms with Crippen molar-refractivity contribution < 1.29 is 14.6 Å². The van der Waals surface area contributed by atoms with Crippen LogP contribution in [0, 0.1) is 17.8 Å². The van der Waals surface area contributed by atoms with Crippen LogP contribution in [0.3, 0.4) is 0 Å². The summed E-state index contributed by atoms with van der Waals surface area (Å²) in [5.41, 5.74) is 9.50. The Morgan fingerprint density at radius 1 is 1.20 bits per heavy atom. The highest BCUT2D eigenvalue weighted by Crippen LogP contribution is 2.30. The Balaban J connectivity index is 1.63. The largest absolute Gasteiger partial charge is 0.497 e. The van der Waals surface area contributed by atoms with Gasteiger partial charge in [-0.25, -0.2) is 19.5 Å². The van der Waals surface area contributed by atoms with Crippen LogP contribution in [-0.2, 0) is 11.3 Å². The van der Waals surface area contributed by atoms with E-state index in [4.69, 9.17) is 15.6 Å². The van der Waals surface area contributed by atoms with Crippen molar-refractivity contribution in [1.29, 1.82) is 0 Å². The van der Waals surface area contributed by atoms with Crippen molar-refractivity contribution >= 4 is 23.3 Å². The minimum absolute atomic E-state index is 0.153. The van der Waals surface area contributed by atoms with Crippen molar-refractivity contribution in [2.75, 3.05) is 24.3 Å². The third-order valence-electron chi connectivity index (χ3n) is 5.60. The van der Waals surface area contributed by atoms with Gasteiger partial charge in [0.05, 0.1) is 24.7 Å². The van der Waals surface area contributed by atoms with Crippen LogP contribution in [0.15, 0.2) is 48.9 Å². The molecular weight excluding hydrogens is 446 g/mol. The number of ether oxygens (including phenoxy) is 1. The lowest BCUT2D eigenvalue weighted by atomic mass is 10.1. The van der Waals surface area contributed by atoms with E-state index in [1.54, 1.807) is 41.2 Å². The van der Waals surface area contributed by atoms with E-state index in [0.29, 0.717) is 40.7 Å². The first-order valence-corrected chi connectivity index (χ1v) is 11.1. The molecule has 0 spiro atoms. The molecule has 3 aromatic heterocycles. The molecule has 10 heteroatoms. The fourth-order valence-electron chi connectivity index (χ4n) is 3.63. The van der Waals surface area contributed by atoms with Gasteiger partial charge in [-0.15, -0.1) is 0 Å². The van der Waals surface area contributed by atoms with Crippen molar-refractivity contribution in [2.24, 2.45) is 5.92 Å². The Labute approximate surface area is 201 Å². The van der Waals surface area contributed by atoms with Gasteiger partial charge in [0, 0.05) is 30.4 Å². The molecule has 1 aliphatic carbocycles. The molecule has 0 atom stereocenters. The van der Waals surface area contributed by atoms with Crippen LogP contribution < -0.4 is 15.4 Å². The van der Waals surface area contributed by atoms with Crippen molar-refractivity contribution in [2.45, 2.75) is 19.4 Å². The fraction of sp³-hybridized carbons (Fsp3) is 0.240. The number of methoxy groups -OCH3 is 1. The number of imidazole rings is 1. The van der Waals surface area contributed by atoms with Gasteiger partial charge in [0.15, 0.2) is 5.65 Å². The average molecular weight is 470 g/mol. The van der Waals surface area contributed by atoms with E-state index in [1.807, 2.05) is 24.3 Å². The maximum atomic E-state index is 11.8. The summed E-state index contributed by atoms with van der Waals surface area (Å²) in [6, 6.07) is 9.28. The van der Waals surface area contributed by atoms with E-state index in [2.05, 4.69) is 26.8 Å². The molecular formula is C25H23N7O3.